The van der Waals surface area contributed by atoms with E-state index in [4.69, 9.17) is 0 Å². The van der Waals surface area contributed by atoms with Crippen molar-refractivity contribution >= 4 is 0 Å². The zero-order chi connectivity index (χ0) is 18.6. The summed E-state index contributed by atoms with van der Waals surface area (Å²) in [4.78, 5) is 0. The Kier molecular flexibility index (Phi) is 9.95. The van der Waals surface area contributed by atoms with E-state index in [9.17, 15) is 8.78 Å². The van der Waals surface area contributed by atoms with Crippen molar-refractivity contribution in [2.75, 3.05) is 0 Å². The summed E-state index contributed by atoms with van der Waals surface area (Å²) in [6.07, 6.45) is 20.5. The van der Waals surface area contributed by atoms with E-state index in [0.717, 1.165) is 24.3 Å². The first-order chi connectivity index (χ1) is 12.7. The summed E-state index contributed by atoms with van der Waals surface area (Å²) in [5.74, 6) is -0.623. The van der Waals surface area contributed by atoms with Crippen molar-refractivity contribution in [2.45, 2.75) is 96.8 Å². The summed E-state index contributed by atoms with van der Waals surface area (Å²) in [5.41, 5.74) is 2.40. The molecule has 0 aromatic heterocycles. The molecule has 0 amide bonds. The van der Waals surface area contributed by atoms with Gasteiger partial charge in [0.1, 0.15) is 0 Å². The minimum absolute atomic E-state index is 0.731. The molecule has 1 aromatic rings. The topological polar surface area (TPSA) is 0 Å². The smallest absolute Gasteiger partial charge is 0.159 e. The second-order valence-corrected chi connectivity index (χ2v) is 8.01. The molecule has 2 rings (SSSR count). The van der Waals surface area contributed by atoms with Gasteiger partial charge >= 0.3 is 0 Å². The van der Waals surface area contributed by atoms with Gasteiger partial charge in [-0.15, -0.1) is 0 Å². The molecular formula is C24H36F2. The molecule has 0 saturated carbocycles. The van der Waals surface area contributed by atoms with Gasteiger partial charge in [-0.1, -0.05) is 82.4 Å². The Hall–Kier alpha value is -1.18. The number of halogens is 2. The average molecular weight is 363 g/mol. The van der Waals surface area contributed by atoms with E-state index in [1.54, 1.807) is 6.07 Å². The van der Waals surface area contributed by atoms with Gasteiger partial charge < -0.3 is 0 Å². The molecule has 0 bridgehead atoms. The summed E-state index contributed by atoms with van der Waals surface area (Å²) in [7, 11) is 0. The third kappa shape index (κ3) is 8.01. The predicted octanol–water partition coefficient (Wildman–Crippen LogP) is 8.15. The van der Waals surface area contributed by atoms with Crippen LogP contribution in [0.25, 0.3) is 0 Å². The summed E-state index contributed by atoms with van der Waals surface area (Å²) in [5, 5.41) is 0. The molecule has 1 aliphatic carbocycles. The lowest BCUT2D eigenvalue weighted by atomic mass is 9.84. The number of benzene rings is 1. The van der Waals surface area contributed by atoms with Crippen LogP contribution in [0.4, 0.5) is 8.78 Å². The molecule has 1 unspecified atom stereocenters. The van der Waals surface area contributed by atoms with Gasteiger partial charge in [0.05, 0.1) is 0 Å². The standard InChI is InChI=1S/C24H36F2/c1-2-3-4-5-6-7-8-9-10-20-11-13-21(14-12-20)15-16-22-17-18-23(25)24(26)19-22/h13,17-20H,2-12,14-16H2,1H3. The maximum Gasteiger partial charge on any atom is 0.159 e. The maximum atomic E-state index is 13.3. The Bertz CT molecular complexity index is 547. The summed E-state index contributed by atoms with van der Waals surface area (Å²) in [6, 6.07) is 4.27. The minimum Gasteiger partial charge on any atom is -0.204 e. The Balaban J connectivity index is 1.55. The fraction of sp³-hybridized carbons (Fsp3) is 0.667. The number of rotatable bonds is 12. The first-order valence-electron chi connectivity index (χ1n) is 10.8. The molecule has 146 valence electrons. The van der Waals surface area contributed by atoms with Gasteiger partial charge in [0.25, 0.3) is 0 Å². The van der Waals surface area contributed by atoms with Crippen LogP contribution < -0.4 is 0 Å². The fourth-order valence-electron chi connectivity index (χ4n) is 4.00. The molecule has 1 aromatic carbocycles. The first-order valence-corrected chi connectivity index (χ1v) is 10.8. The van der Waals surface area contributed by atoms with Crippen molar-refractivity contribution in [2.24, 2.45) is 5.92 Å². The highest BCUT2D eigenvalue weighted by molar-refractivity contribution is 5.19. The molecule has 2 heteroatoms. The van der Waals surface area contributed by atoms with E-state index in [-0.39, 0.29) is 0 Å². The predicted molar refractivity (Wildman–Crippen MR) is 107 cm³/mol. The molecule has 0 fully saturated rings. The molecule has 0 radical (unpaired) electrons. The van der Waals surface area contributed by atoms with Gasteiger partial charge in [-0.3, -0.25) is 0 Å². The Morgan fingerprint density at radius 2 is 1.62 bits per heavy atom. The Morgan fingerprint density at radius 3 is 2.27 bits per heavy atom. The first kappa shape index (κ1) is 21.1. The van der Waals surface area contributed by atoms with Crippen LogP contribution in [-0.4, -0.2) is 0 Å². The Morgan fingerprint density at radius 1 is 0.885 bits per heavy atom. The second kappa shape index (κ2) is 12.3. The van der Waals surface area contributed by atoms with Crippen LogP contribution in [0.2, 0.25) is 0 Å². The average Bonchev–Trinajstić information content (AvgIpc) is 2.66. The molecule has 0 aliphatic heterocycles. The highest BCUT2D eigenvalue weighted by Crippen LogP contribution is 2.30. The van der Waals surface area contributed by atoms with Gasteiger partial charge in [-0.2, -0.15) is 0 Å². The van der Waals surface area contributed by atoms with E-state index >= 15 is 0 Å². The lowest BCUT2D eigenvalue weighted by molar-refractivity contribution is 0.408. The maximum absolute atomic E-state index is 13.3. The molecule has 0 heterocycles. The zero-order valence-corrected chi connectivity index (χ0v) is 16.5. The van der Waals surface area contributed by atoms with E-state index < -0.39 is 11.6 Å². The van der Waals surface area contributed by atoms with Gasteiger partial charge in [-0.25, -0.2) is 8.78 Å². The molecule has 26 heavy (non-hydrogen) atoms. The summed E-state index contributed by atoms with van der Waals surface area (Å²) >= 11 is 0. The minimum atomic E-state index is -0.755. The zero-order valence-electron chi connectivity index (χ0n) is 16.5. The highest BCUT2D eigenvalue weighted by Gasteiger charge is 2.14. The van der Waals surface area contributed by atoms with E-state index in [0.29, 0.717) is 0 Å². The van der Waals surface area contributed by atoms with Gasteiger partial charge in [0.2, 0.25) is 0 Å². The van der Waals surface area contributed by atoms with Crippen molar-refractivity contribution in [1.29, 1.82) is 0 Å². The number of unbranched alkanes of at least 4 members (excludes halogenated alkanes) is 7. The molecule has 0 nitrogen and oxygen atoms in total. The van der Waals surface area contributed by atoms with Crippen LogP contribution in [0.15, 0.2) is 29.8 Å². The number of hydrogen-bond donors (Lipinski definition) is 0. The van der Waals surface area contributed by atoms with Crippen LogP contribution in [0.3, 0.4) is 0 Å². The number of allylic oxidation sites excluding steroid dienone is 2. The molecule has 1 aliphatic rings. The largest absolute Gasteiger partial charge is 0.204 e. The van der Waals surface area contributed by atoms with Crippen molar-refractivity contribution in [3.8, 4) is 0 Å². The summed E-state index contributed by atoms with van der Waals surface area (Å²) < 4.78 is 26.2. The molecule has 0 N–H and O–H groups in total. The van der Waals surface area contributed by atoms with Crippen molar-refractivity contribution in [1.82, 2.24) is 0 Å². The van der Waals surface area contributed by atoms with E-state index in [1.807, 2.05) is 0 Å². The second-order valence-electron chi connectivity index (χ2n) is 8.01. The third-order valence-corrected chi connectivity index (χ3v) is 5.80. The lowest BCUT2D eigenvalue weighted by Gasteiger charge is -2.22. The lowest BCUT2D eigenvalue weighted by Crippen LogP contribution is -2.06. The van der Waals surface area contributed by atoms with Crippen molar-refractivity contribution < 1.29 is 8.78 Å². The SMILES string of the molecule is CCCCCCCCCCC1CC=C(CCc2ccc(F)c(F)c2)CC1. The number of aryl methyl sites for hydroxylation is 1. The normalized spacial score (nSPS) is 17.3. The van der Waals surface area contributed by atoms with Crippen molar-refractivity contribution in [3.63, 3.8) is 0 Å². The molecule has 0 saturated heterocycles. The Labute approximate surface area is 159 Å². The van der Waals surface area contributed by atoms with Crippen LogP contribution in [0.5, 0.6) is 0 Å². The van der Waals surface area contributed by atoms with Crippen LogP contribution in [0.1, 0.15) is 96.0 Å². The van der Waals surface area contributed by atoms with Gasteiger partial charge in [-0.05, 0) is 55.7 Å². The van der Waals surface area contributed by atoms with Crippen LogP contribution in [0, 0.1) is 17.6 Å². The molecular weight excluding hydrogens is 326 g/mol. The highest BCUT2D eigenvalue weighted by atomic mass is 19.2. The molecule has 1 atom stereocenters. The third-order valence-electron chi connectivity index (χ3n) is 5.80. The summed E-state index contributed by atoms with van der Waals surface area (Å²) in [6.45, 7) is 2.27. The van der Waals surface area contributed by atoms with Crippen LogP contribution in [-0.2, 0) is 6.42 Å². The van der Waals surface area contributed by atoms with Gasteiger partial charge in [0.15, 0.2) is 11.6 Å². The quantitative estimate of drug-likeness (QED) is 0.260. The van der Waals surface area contributed by atoms with E-state index in [2.05, 4.69) is 13.0 Å². The molecule has 0 spiro atoms. The van der Waals surface area contributed by atoms with Gasteiger partial charge in [0, 0.05) is 0 Å². The number of hydrogen-bond acceptors (Lipinski definition) is 0. The van der Waals surface area contributed by atoms with Crippen molar-refractivity contribution in [3.05, 3.63) is 47.0 Å². The monoisotopic (exact) mass is 362 g/mol. The van der Waals surface area contributed by atoms with E-state index in [1.165, 1.54) is 94.8 Å². The fourth-order valence-corrected chi connectivity index (χ4v) is 4.00. The van der Waals surface area contributed by atoms with Crippen LogP contribution >= 0.6 is 0 Å².